The normalized spacial score (nSPS) is 16.0. The summed E-state index contributed by atoms with van der Waals surface area (Å²) in [6.07, 6.45) is 1.74. The number of nitrogens with one attached hydrogen (secondary N) is 1. The molecule has 0 spiro atoms. The van der Waals surface area contributed by atoms with Crippen LogP contribution in [0, 0.1) is 5.82 Å². The van der Waals surface area contributed by atoms with Crippen LogP contribution in [0.25, 0.3) is 10.9 Å². The lowest BCUT2D eigenvalue weighted by Gasteiger charge is -2.17. The van der Waals surface area contributed by atoms with Gasteiger partial charge in [0.05, 0.1) is 23.6 Å². The van der Waals surface area contributed by atoms with E-state index in [2.05, 4.69) is 5.32 Å². The van der Waals surface area contributed by atoms with Gasteiger partial charge in [0.1, 0.15) is 5.82 Å². The Kier molecular flexibility index (Phi) is 7.36. The standard InChI is InChI=1S/C24H25ClFN3O3S/c1-14(2)27-22(30)15-8-9-17-21(11-15)28-24(29(23(17)31)12-16-5-4-10-32-16)33-13-18-19(25)6-3-7-20(18)26/h3,6-9,11,14,16H,4-5,10,12-13H2,1-2H3,(H,27,30)/t16-/m0/s1. The SMILES string of the molecule is CC(C)NC(=O)c1ccc2c(=O)n(C[C@@H]3CCCO3)c(SCc3c(F)cccc3Cl)nc2c1. The predicted molar refractivity (Wildman–Crippen MR) is 129 cm³/mol. The molecule has 1 saturated heterocycles. The summed E-state index contributed by atoms with van der Waals surface area (Å²) in [6.45, 7) is 4.79. The molecule has 0 bridgehead atoms. The Balaban J connectivity index is 1.74. The minimum Gasteiger partial charge on any atom is -0.376 e. The molecule has 1 fully saturated rings. The maximum Gasteiger partial charge on any atom is 0.262 e. The van der Waals surface area contributed by atoms with Gasteiger partial charge in [0.2, 0.25) is 0 Å². The molecule has 4 rings (SSSR count). The Morgan fingerprint density at radius 3 is 2.88 bits per heavy atom. The average Bonchev–Trinajstić information content (AvgIpc) is 3.28. The second-order valence-electron chi connectivity index (χ2n) is 8.29. The number of amides is 1. The Morgan fingerprint density at radius 1 is 1.36 bits per heavy atom. The van der Waals surface area contributed by atoms with E-state index in [1.54, 1.807) is 34.9 Å². The van der Waals surface area contributed by atoms with E-state index in [1.807, 2.05) is 13.8 Å². The first-order valence-electron chi connectivity index (χ1n) is 10.9. The smallest absolute Gasteiger partial charge is 0.262 e. The van der Waals surface area contributed by atoms with Crippen molar-refractivity contribution in [1.82, 2.24) is 14.9 Å². The van der Waals surface area contributed by atoms with Gasteiger partial charge in [-0.15, -0.1) is 0 Å². The van der Waals surface area contributed by atoms with Gasteiger partial charge in [0.15, 0.2) is 5.16 Å². The third kappa shape index (κ3) is 5.39. The molecular weight excluding hydrogens is 465 g/mol. The van der Waals surface area contributed by atoms with Crippen molar-refractivity contribution in [3.63, 3.8) is 0 Å². The fourth-order valence-corrected chi connectivity index (χ4v) is 5.11. The van der Waals surface area contributed by atoms with Gasteiger partial charge in [-0.1, -0.05) is 29.4 Å². The van der Waals surface area contributed by atoms with Crippen LogP contribution in [0.15, 0.2) is 46.3 Å². The first-order chi connectivity index (χ1) is 15.8. The van der Waals surface area contributed by atoms with Crippen molar-refractivity contribution in [3.8, 4) is 0 Å². The molecule has 0 aliphatic carbocycles. The van der Waals surface area contributed by atoms with Gasteiger partial charge in [-0.2, -0.15) is 0 Å². The number of carbonyl (C=O) groups is 1. The van der Waals surface area contributed by atoms with Gasteiger partial charge in [-0.25, -0.2) is 9.37 Å². The molecule has 6 nitrogen and oxygen atoms in total. The van der Waals surface area contributed by atoms with Crippen molar-refractivity contribution in [2.45, 2.75) is 56.3 Å². The highest BCUT2D eigenvalue weighted by atomic mass is 35.5. The second-order valence-corrected chi connectivity index (χ2v) is 9.64. The van der Waals surface area contributed by atoms with Crippen LogP contribution in [0.2, 0.25) is 5.02 Å². The first-order valence-corrected chi connectivity index (χ1v) is 12.2. The number of benzene rings is 2. The third-order valence-electron chi connectivity index (χ3n) is 5.42. The van der Waals surface area contributed by atoms with Crippen LogP contribution in [-0.2, 0) is 17.0 Å². The molecule has 174 valence electrons. The van der Waals surface area contributed by atoms with E-state index < -0.39 is 5.82 Å². The van der Waals surface area contributed by atoms with E-state index in [-0.39, 0.29) is 29.4 Å². The molecule has 0 unspecified atom stereocenters. The number of ether oxygens (including phenoxy) is 1. The summed E-state index contributed by atoms with van der Waals surface area (Å²) in [5.74, 6) is -0.427. The Bertz CT molecular complexity index is 1220. The average molecular weight is 490 g/mol. The Labute approximate surface area is 200 Å². The van der Waals surface area contributed by atoms with Gasteiger partial charge < -0.3 is 10.1 Å². The van der Waals surface area contributed by atoms with E-state index in [4.69, 9.17) is 21.3 Å². The molecule has 1 aliphatic heterocycles. The molecule has 2 aromatic carbocycles. The van der Waals surface area contributed by atoms with Crippen molar-refractivity contribution in [1.29, 1.82) is 0 Å². The van der Waals surface area contributed by atoms with E-state index in [0.717, 1.165) is 12.8 Å². The largest absolute Gasteiger partial charge is 0.376 e. The summed E-state index contributed by atoms with van der Waals surface area (Å²) in [4.78, 5) is 30.5. The lowest BCUT2D eigenvalue weighted by Crippen LogP contribution is -2.31. The highest BCUT2D eigenvalue weighted by molar-refractivity contribution is 7.98. The molecule has 1 atom stereocenters. The molecule has 2 heterocycles. The number of nitrogens with zero attached hydrogens (tertiary/aromatic N) is 2. The highest BCUT2D eigenvalue weighted by Crippen LogP contribution is 2.29. The molecule has 1 amide bonds. The number of aromatic nitrogens is 2. The number of fused-ring (bicyclic) bond motifs is 1. The first kappa shape index (κ1) is 23.7. The number of hydrogen-bond acceptors (Lipinski definition) is 5. The molecule has 1 aliphatic rings. The van der Waals surface area contributed by atoms with E-state index >= 15 is 0 Å². The van der Waals surface area contributed by atoms with Crippen LogP contribution in [0.4, 0.5) is 4.39 Å². The number of thioether (sulfide) groups is 1. The summed E-state index contributed by atoms with van der Waals surface area (Å²) in [5, 5.41) is 4.02. The molecule has 1 N–H and O–H groups in total. The fraction of sp³-hybridized carbons (Fsp3) is 0.375. The van der Waals surface area contributed by atoms with Crippen LogP contribution < -0.4 is 10.9 Å². The molecule has 1 aromatic heterocycles. The van der Waals surface area contributed by atoms with Crippen molar-refractivity contribution >= 4 is 40.2 Å². The zero-order valence-corrected chi connectivity index (χ0v) is 20.0. The fourth-order valence-electron chi connectivity index (χ4n) is 3.76. The zero-order chi connectivity index (χ0) is 23.5. The molecule has 9 heteroatoms. The minimum absolute atomic E-state index is 0.0165. The van der Waals surface area contributed by atoms with E-state index in [9.17, 15) is 14.0 Å². The highest BCUT2D eigenvalue weighted by Gasteiger charge is 2.21. The van der Waals surface area contributed by atoms with Gasteiger partial charge >= 0.3 is 0 Å². The number of hydrogen-bond donors (Lipinski definition) is 1. The second kappa shape index (κ2) is 10.2. The summed E-state index contributed by atoms with van der Waals surface area (Å²) in [7, 11) is 0. The van der Waals surface area contributed by atoms with Gasteiger partial charge in [-0.3, -0.25) is 14.2 Å². The maximum atomic E-state index is 14.3. The molecule has 33 heavy (non-hydrogen) atoms. The molecule has 3 aromatic rings. The monoisotopic (exact) mass is 489 g/mol. The minimum atomic E-state index is -0.406. The van der Waals surface area contributed by atoms with Crippen molar-refractivity contribution in [3.05, 3.63) is 68.7 Å². The summed E-state index contributed by atoms with van der Waals surface area (Å²) < 4.78 is 21.6. The quantitative estimate of drug-likeness (QED) is 0.381. The topological polar surface area (TPSA) is 73.2 Å². The van der Waals surface area contributed by atoms with Crippen LogP contribution in [0.1, 0.15) is 42.6 Å². The van der Waals surface area contributed by atoms with Crippen molar-refractivity contribution in [2.75, 3.05) is 6.61 Å². The van der Waals surface area contributed by atoms with E-state index in [1.165, 1.54) is 17.8 Å². The van der Waals surface area contributed by atoms with E-state index in [0.29, 0.717) is 45.4 Å². The Morgan fingerprint density at radius 2 is 2.18 bits per heavy atom. The lowest BCUT2D eigenvalue weighted by atomic mass is 10.1. The molecule has 0 radical (unpaired) electrons. The summed E-state index contributed by atoms with van der Waals surface area (Å²) >= 11 is 7.43. The van der Waals surface area contributed by atoms with Gasteiger partial charge in [0, 0.05) is 34.6 Å². The van der Waals surface area contributed by atoms with Crippen molar-refractivity contribution < 1.29 is 13.9 Å². The van der Waals surface area contributed by atoms with Crippen LogP contribution in [0.5, 0.6) is 0 Å². The predicted octanol–water partition coefficient (Wildman–Crippen LogP) is 4.80. The zero-order valence-electron chi connectivity index (χ0n) is 18.4. The van der Waals surface area contributed by atoms with Crippen LogP contribution >= 0.6 is 23.4 Å². The number of halogens is 2. The van der Waals surface area contributed by atoms with Crippen LogP contribution in [-0.4, -0.2) is 34.2 Å². The summed E-state index contributed by atoms with van der Waals surface area (Å²) in [5.41, 5.74) is 0.982. The molecular formula is C24H25ClFN3O3S. The lowest BCUT2D eigenvalue weighted by molar-refractivity contribution is 0.0937. The van der Waals surface area contributed by atoms with Crippen molar-refractivity contribution in [2.24, 2.45) is 0 Å². The Hall–Kier alpha value is -2.42. The number of rotatable bonds is 7. The number of carbonyl (C=O) groups excluding carboxylic acids is 1. The molecule has 0 saturated carbocycles. The third-order valence-corrected chi connectivity index (χ3v) is 6.78. The van der Waals surface area contributed by atoms with Gasteiger partial charge in [-0.05, 0) is 57.0 Å². The summed E-state index contributed by atoms with van der Waals surface area (Å²) in [6, 6.07) is 9.40. The van der Waals surface area contributed by atoms with Gasteiger partial charge in [0.25, 0.3) is 11.5 Å². The van der Waals surface area contributed by atoms with Crippen LogP contribution in [0.3, 0.4) is 0 Å². The maximum absolute atomic E-state index is 14.3.